The van der Waals surface area contributed by atoms with Crippen molar-refractivity contribution in [2.45, 2.75) is 12.5 Å². The summed E-state index contributed by atoms with van der Waals surface area (Å²) in [6, 6.07) is -0.217. The molecular weight excluding hydrogens is 248 g/mol. The second-order valence-electron chi connectivity index (χ2n) is 3.10. The quantitative estimate of drug-likeness (QED) is 0.827. The minimum Gasteiger partial charge on any atom is -0.368 e. The van der Waals surface area contributed by atoms with E-state index in [1.807, 2.05) is 4.90 Å². The molecule has 0 saturated carbocycles. The summed E-state index contributed by atoms with van der Waals surface area (Å²) in [7, 11) is 0. The molecule has 2 heterocycles. The molecule has 74 valence electrons. The number of carbonyl (C=O) groups is 1. The number of carbonyl (C=O) groups excluding carboxylic acids is 1. The minimum absolute atomic E-state index is 0.217. The van der Waals surface area contributed by atoms with Crippen LogP contribution in [-0.4, -0.2) is 28.5 Å². The smallest absolute Gasteiger partial charge is 0.240 e. The van der Waals surface area contributed by atoms with Gasteiger partial charge in [0, 0.05) is 6.54 Å². The lowest BCUT2D eigenvalue weighted by Crippen LogP contribution is -2.55. The number of nitrogens with two attached hydrogens (primary N) is 1. The Bertz CT molecular complexity index is 353. The van der Waals surface area contributed by atoms with Crippen molar-refractivity contribution in [2.24, 2.45) is 5.73 Å². The molecule has 2 N–H and O–H groups in total. The van der Waals surface area contributed by atoms with E-state index in [-0.39, 0.29) is 11.9 Å². The van der Waals surface area contributed by atoms with Crippen LogP contribution in [0.25, 0.3) is 0 Å². The van der Waals surface area contributed by atoms with Crippen LogP contribution in [0.15, 0.2) is 17.0 Å². The van der Waals surface area contributed by atoms with Gasteiger partial charge in [0.2, 0.25) is 5.91 Å². The van der Waals surface area contributed by atoms with E-state index in [0.717, 1.165) is 13.0 Å². The van der Waals surface area contributed by atoms with Crippen LogP contribution in [0.5, 0.6) is 0 Å². The van der Waals surface area contributed by atoms with E-state index in [4.69, 9.17) is 5.73 Å². The van der Waals surface area contributed by atoms with Crippen LogP contribution in [0.3, 0.4) is 0 Å². The van der Waals surface area contributed by atoms with Gasteiger partial charge < -0.3 is 10.6 Å². The topological polar surface area (TPSA) is 72.1 Å². The van der Waals surface area contributed by atoms with Crippen LogP contribution in [0.4, 0.5) is 5.82 Å². The first-order valence-corrected chi connectivity index (χ1v) is 5.01. The van der Waals surface area contributed by atoms with Crippen molar-refractivity contribution < 1.29 is 4.79 Å². The molecule has 1 fully saturated rings. The van der Waals surface area contributed by atoms with Crippen molar-refractivity contribution in [2.75, 3.05) is 11.4 Å². The molecule has 14 heavy (non-hydrogen) atoms. The van der Waals surface area contributed by atoms with Crippen LogP contribution in [0.1, 0.15) is 6.42 Å². The third kappa shape index (κ3) is 1.57. The lowest BCUT2D eigenvalue weighted by atomic mass is 10.0. The van der Waals surface area contributed by atoms with Gasteiger partial charge in [-0.25, -0.2) is 9.97 Å². The van der Waals surface area contributed by atoms with Crippen molar-refractivity contribution in [3.8, 4) is 0 Å². The zero-order valence-electron chi connectivity index (χ0n) is 7.35. The average Bonchev–Trinajstić information content (AvgIpc) is 2.05. The highest BCUT2D eigenvalue weighted by atomic mass is 79.9. The molecule has 0 aliphatic carbocycles. The standard InChI is InChI=1S/C8H9BrN4O/c9-6-3-12-7(4-11-6)13-2-1-5(13)8(10)14/h3-5H,1-2H2,(H2,10,14). The van der Waals surface area contributed by atoms with Crippen molar-refractivity contribution >= 4 is 27.7 Å². The maximum Gasteiger partial charge on any atom is 0.240 e. The molecule has 1 aromatic heterocycles. The van der Waals surface area contributed by atoms with Gasteiger partial charge in [-0.15, -0.1) is 0 Å². The highest BCUT2D eigenvalue weighted by Gasteiger charge is 2.33. The summed E-state index contributed by atoms with van der Waals surface area (Å²) < 4.78 is 0.678. The number of nitrogens with zero attached hydrogens (tertiary/aromatic N) is 3. The Balaban J connectivity index is 2.16. The van der Waals surface area contributed by atoms with Crippen LogP contribution in [-0.2, 0) is 4.79 Å². The molecule has 1 amide bonds. The van der Waals surface area contributed by atoms with E-state index >= 15 is 0 Å². The number of anilines is 1. The van der Waals surface area contributed by atoms with Crippen LogP contribution in [0.2, 0.25) is 0 Å². The molecule has 6 heteroatoms. The van der Waals surface area contributed by atoms with E-state index < -0.39 is 0 Å². The van der Waals surface area contributed by atoms with Crippen molar-refractivity contribution in [1.82, 2.24) is 9.97 Å². The largest absolute Gasteiger partial charge is 0.368 e. The Morgan fingerprint density at radius 2 is 2.36 bits per heavy atom. The number of hydrogen-bond donors (Lipinski definition) is 1. The van der Waals surface area contributed by atoms with E-state index in [1.54, 1.807) is 12.4 Å². The van der Waals surface area contributed by atoms with E-state index in [2.05, 4.69) is 25.9 Å². The van der Waals surface area contributed by atoms with Crippen molar-refractivity contribution in [1.29, 1.82) is 0 Å². The summed E-state index contributed by atoms with van der Waals surface area (Å²) in [5, 5.41) is 0. The van der Waals surface area contributed by atoms with E-state index in [0.29, 0.717) is 10.4 Å². The molecule has 0 radical (unpaired) electrons. The lowest BCUT2D eigenvalue weighted by Gasteiger charge is -2.39. The molecule has 1 atom stereocenters. The fourth-order valence-electron chi connectivity index (χ4n) is 1.41. The third-order valence-corrected chi connectivity index (χ3v) is 2.66. The van der Waals surface area contributed by atoms with Gasteiger partial charge in [-0.3, -0.25) is 4.79 Å². The molecule has 5 nitrogen and oxygen atoms in total. The minimum atomic E-state index is -0.305. The Morgan fingerprint density at radius 3 is 2.79 bits per heavy atom. The van der Waals surface area contributed by atoms with Gasteiger partial charge in [0.1, 0.15) is 16.5 Å². The van der Waals surface area contributed by atoms with Gasteiger partial charge in [-0.2, -0.15) is 0 Å². The fourth-order valence-corrected chi connectivity index (χ4v) is 1.62. The number of rotatable bonds is 2. The highest BCUT2D eigenvalue weighted by molar-refractivity contribution is 9.10. The van der Waals surface area contributed by atoms with Crippen LogP contribution in [0, 0.1) is 0 Å². The molecule has 0 bridgehead atoms. The molecule has 1 saturated heterocycles. The summed E-state index contributed by atoms with van der Waals surface area (Å²) in [5.74, 6) is 0.393. The predicted octanol–water partition coefficient (Wildman–Crippen LogP) is 0.303. The van der Waals surface area contributed by atoms with Crippen molar-refractivity contribution in [3.63, 3.8) is 0 Å². The van der Waals surface area contributed by atoms with Crippen LogP contribution < -0.4 is 10.6 Å². The molecule has 0 spiro atoms. The second kappa shape index (κ2) is 3.53. The molecule has 2 rings (SSSR count). The van der Waals surface area contributed by atoms with Gasteiger partial charge in [0.05, 0.1) is 12.4 Å². The molecule has 1 aliphatic heterocycles. The Hall–Kier alpha value is -1.17. The summed E-state index contributed by atoms with van der Waals surface area (Å²) in [5.41, 5.74) is 5.22. The predicted molar refractivity (Wildman–Crippen MR) is 54.7 cm³/mol. The van der Waals surface area contributed by atoms with Gasteiger partial charge in [0.15, 0.2) is 0 Å². The third-order valence-electron chi connectivity index (χ3n) is 2.25. The maximum atomic E-state index is 11.0. The van der Waals surface area contributed by atoms with Crippen LogP contribution >= 0.6 is 15.9 Å². The number of amides is 1. The Kier molecular flexibility index (Phi) is 2.37. The number of halogens is 1. The Labute approximate surface area is 89.5 Å². The van der Waals surface area contributed by atoms with E-state index in [1.165, 1.54) is 0 Å². The summed E-state index contributed by atoms with van der Waals surface area (Å²) in [6.07, 6.45) is 4.03. The summed E-state index contributed by atoms with van der Waals surface area (Å²) >= 11 is 3.19. The first-order chi connectivity index (χ1) is 6.68. The van der Waals surface area contributed by atoms with Crippen molar-refractivity contribution in [3.05, 3.63) is 17.0 Å². The number of hydrogen-bond acceptors (Lipinski definition) is 4. The fraction of sp³-hybridized carbons (Fsp3) is 0.375. The first-order valence-electron chi connectivity index (χ1n) is 4.22. The molecule has 1 aromatic rings. The van der Waals surface area contributed by atoms with Gasteiger partial charge in [-0.1, -0.05) is 0 Å². The Morgan fingerprint density at radius 1 is 1.57 bits per heavy atom. The normalized spacial score (nSPS) is 20.4. The second-order valence-corrected chi connectivity index (χ2v) is 3.91. The zero-order chi connectivity index (χ0) is 10.1. The lowest BCUT2D eigenvalue weighted by molar-refractivity contribution is -0.120. The van der Waals surface area contributed by atoms with Gasteiger partial charge >= 0.3 is 0 Å². The molecule has 1 aliphatic rings. The molecule has 0 aromatic carbocycles. The molecular formula is C8H9BrN4O. The van der Waals surface area contributed by atoms with Gasteiger partial charge in [-0.05, 0) is 22.4 Å². The zero-order valence-corrected chi connectivity index (χ0v) is 8.94. The summed E-state index contributed by atoms with van der Waals surface area (Å²) in [6.45, 7) is 0.809. The molecule has 1 unspecified atom stereocenters. The number of aromatic nitrogens is 2. The SMILES string of the molecule is NC(=O)C1CCN1c1cnc(Br)cn1. The summed E-state index contributed by atoms with van der Waals surface area (Å²) in [4.78, 5) is 21.0. The first kappa shape index (κ1) is 9.39. The van der Waals surface area contributed by atoms with E-state index in [9.17, 15) is 4.79 Å². The average molecular weight is 257 g/mol. The van der Waals surface area contributed by atoms with Gasteiger partial charge in [0.25, 0.3) is 0 Å². The number of primary amides is 1. The maximum absolute atomic E-state index is 11.0. The highest BCUT2D eigenvalue weighted by Crippen LogP contribution is 2.23. The monoisotopic (exact) mass is 256 g/mol.